The summed E-state index contributed by atoms with van der Waals surface area (Å²) < 4.78 is 5.41. The lowest BCUT2D eigenvalue weighted by molar-refractivity contribution is 0.0691. The number of hydrogen-bond acceptors (Lipinski definition) is 3. The lowest BCUT2D eigenvalue weighted by Crippen LogP contribution is -2.51. The van der Waals surface area contributed by atoms with E-state index in [1.165, 1.54) is 25.7 Å². The van der Waals surface area contributed by atoms with Crippen LogP contribution < -0.4 is 10.1 Å². The zero-order valence-corrected chi connectivity index (χ0v) is 18.3. The van der Waals surface area contributed by atoms with E-state index in [-0.39, 0.29) is 0 Å². The average Bonchev–Trinajstić information content (AvgIpc) is 2.68. The summed E-state index contributed by atoms with van der Waals surface area (Å²) in [5, 5.41) is 4.74. The van der Waals surface area contributed by atoms with Crippen molar-refractivity contribution in [2.24, 2.45) is 5.92 Å². The molecule has 150 valence electrons. The molecule has 1 aromatic carbocycles. The molecule has 0 aromatic heterocycles. The number of nitrogens with zero attached hydrogens (tertiary/aromatic N) is 2. The van der Waals surface area contributed by atoms with Gasteiger partial charge in [0.2, 0.25) is 0 Å². The molecule has 1 N–H and O–H groups in total. The molecule has 1 aliphatic carbocycles. The van der Waals surface area contributed by atoms with Crippen LogP contribution in [0.5, 0.6) is 5.75 Å². The zero-order valence-electron chi connectivity index (χ0n) is 16.7. The summed E-state index contributed by atoms with van der Waals surface area (Å²) in [6, 6.07) is 6.95. The van der Waals surface area contributed by atoms with Crippen LogP contribution in [0.3, 0.4) is 0 Å². The number of thiocarbonyl (C=S) groups is 1. The molecule has 2 aliphatic rings. The maximum atomic E-state index is 6.12. The Morgan fingerprint density at radius 3 is 2.59 bits per heavy atom. The van der Waals surface area contributed by atoms with Gasteiger partial charge in [-0.05, 0) is 69.1 Å². The van der Waals surface area contributed by atoms with Gasteiger partial charge in [-0.3, -0.25) is 0 Å². The van der Waals surface area contributed by atoms with Crippen molar-refractivity contribution in [1.82, 2.24) is 9.80 Å². The quantitative estimate of drug-likeness (QED) is 0.704. The van der Waals surface area contributed by atoms with E-state index in [4.69, 9.17) is 28.6 Å². The van der Waals surface area contributed by atoms with Gasteiger partial charge in [0.25, 0.3) is 0 Å². The minimum absolute atomic E-state index is 0.662. The second-order valence-corrected chi connectivity index (χ2v) is 8.81. The number of nitrogens with one attached hydrogen (secondary N) is 1. The normalized spacial score (nSPS) is 24.1. The Morgan fingerprint density at radius 2 is 1.93 bits per heavy atom. The number of halogens is 1. The summed E-state index contributed by atoms with van der Waals surface area (Å²) in [6.45, 7) is 4.41. The molecular formula is C21H32ClN3OS. The van der Waals surface area contributed by atoms with E-state index in [2.05, 4.69) is 29.1 Å². The summed E-state index contributed by atoms with van der Waals surface area (Å²) in [6.07, 6.45) is 7.84. The minimum Gasteiger partial charge on any atom is -0.495 e. The largest absolute Gasteiger partial charge is 0.495 e. The van der Waals surface area contributed by atoms with E-state index >= 15 is 0 Å². The Hall–Kier alpha value is -1.04. The van der Waals surface area contributed by atoms with Crippen molar-refractivity contribution >= 4 is 34.6 Å². The third kappa shape index (κ3) is 5.07. The molecule has 2 atom stereocenters. The molecule has 0 bridgehead atoms. The van der Waals surface area contributed by atoms with Crippen molar-refractivity contribution in [2.45, 2.75) is 57.5 Å². The van der Waals surface area contributed by atoms with E-state index in [9.17, 15) is 0 Å². The Balaban J connectivity index is 1.54. The molecular weight excluding hydrogens is 378 g/mol. The highest BCUT2D eigenvalue weighted by molar-refractivity contribution is 7.80. The molecule has 3 rings (SSSR count). The number of rotatable bonds is 4. The third-order valence-electron chi connectivity index (χ3n) is 6.32. The first-order valence-electron chi connectivity index (χ1n) is 10.1. The SMILES string of the molecule is COc1ccc(Cl)cc1NC(=S)N1CCC(N(C)[C@@H]2CCCC[C@@H]2C)CC1. The van der Waals surface area contributed by atoms with Gasteiger partial charge < -0.3 is 19.9 Å². The molecule has 1 aliphatic heterocycles. The van der Waals surface area contributed by atoms with Crippen molar-refractivity contribution in [1.29, 1.82) is 0 Å². The fourth-order valence-corrected chi connectivity index (χ4v) is 5.09. The number of likely N-dealkylation sites (tertiary alicyclic amines) is 1. The summed E-state index contributed by atoms with van der Waals surface area (Å²) in [4.78, 5) is 4.93. The van der Waals surface area contributed by atoms with Crippen LogP contribution in [0.15, 0.2) is 18.2 Å². The Kier molecular flexibility index (Phi) is 7.23. The summed E-state index contributed by atoms with van der Waals surface area (Å²) in [7, 11) is 3.99. The highest BCUT2D eigenvalue weighted by Gasteiger charge is 2.31. The van der Waals surface area contributed by atoms with Gasteiger partial charge in [0.15, 0.2) is 5.11 Å². The lowest BCUT2D eigenvalue weighted by atomic mass is 9.84. The van der Waals surface area contributed by atoms with Gasteiger partial charge in [-0.1, -0.05) is 31.4 Å². The van der Waals surface area contributed by atoms with Crippen LogP contribution >= 0.6 is 23.8 Å². The Labute approximate surface area is 174 Å². The van der Waals surface area contributed by atoms with E-state index in [1.807, 2.05) is 18.2 Å². The van der Waals surface area contributed by atoms with Crippen LogP contribution in [0.4, 0.5) is 5.69 Å². The van der Waals surface area contributed by atoms with Crippen molar-refractivity contribution in [2.75, 3.05) is 32.6 Å². The number of piperidine rings is 1. The van der Waals surface area contributed by atoms with Crippen molar-refractivity contribution < 1.29 is 4.74 Å². The molecule has 0 unspecified atom stereocenters. The average molecular weight is 410 g/mol. The number of hydrogen-bond donors (Lipinski definition) is 1. The lowest BCUT2D eigenvalue weighted by Gasteiger charge is -2.44. The number of benzene rings is 1. The van der Waals surface area contributed by atoms with Gasteiger partial charge >= 0.3 is 0 Å². The number of anilines is 1. The fraction of sp³-hybridized carbons (Fsp3) is 0.667. The molecule has 1 saturated heterocycles. The summed E-state index contributed by atoms with van der Waals surface area (Å²) in [5.41, 5.74) is 0.824. The molecule has 1 aromatic rings. The Morgan fingerprint density at radius 1 is 1.22 bits per heavy atom. The van der Waals surface area contributed by atoms with Crippen LogP contribution in [-0.4, -0.2) is 54.2 Å². The standard InChI is InChI=1S/C21H32ClN3OS/c1-15-6-4-5-7-19(15)24(2)17-10-12-25(13-11-17)21(27)23-18-14-16(22)8-9-20(18)26-3/h8-9,14-15,17,19H,4-7,10-13H2,1-3H3,(H,23,27)/t15-,19+/m0/s1. The third-order valence-corrected chi connectivity index (χ3v) is 6.92. The molecule has 0 amide bonds. The van der Waals surface area contributed by atoms with E-state index in [0.29, 0.717) is 11.1 Å². The number of ether oxygens (including phenoxy) is 1. The van der Waals surface area contributed by atoms with Gasteiger partial charge in [-0.15, -0.1) is 0 Å². The smallest absolute Gasteiger partial charge is 0.173 e. The van der Waals surface area contributed by atoms with E-state index < -0.39 is 0 Å². The van der Waals surface area contributed by atoms with Crippen LogP contribution in [0.1, 0.15) is 45.4 Å². The van der Waals surface area contributed by atoms with Crippen molar-refractivity contribution in [3.63, 3.8) is 0 Å². The van der Waals surface area contributed by atoms with Gasteiger partial charge in [-0.25, -0.2) is 0 Å². The Bertz CT molecular complexity index is 648. The first-order chi connectivity index (χ1) is 13.0. The maximum Gasteiger partial charge on any atom is 0.173 e. The molecule has 27 heavy (non-hydrogen) atoms. The molecule has 1 heterocycles. The monoisotopic (exact) mass is 409 g/mol. The first kappa shape index (κ1) is 20.7. The molecule has 6 heteroatoms. The molecule has 1 saturated carbocycles. The fourth-order valence-electron chi connectivity index (χ4n) is 4.62. The first-order valence-corrected chi connectivity index (χ1v) is 10.9. The minimum atomic E-state index is 0.662. The van der Waals surface area contributed by atoms with Gasteiger partial charge in [0.1, 0.15) is 5.75 Å². The molecule has 0 radical (unpaired) electrons. The number of methoxy groups -OCH3 is 1. The molecule has 0 spiro atoms. The van der Waals surface area contributed by atoms with Gasteiger partial charge in [0, 0.05) is 30.2 Å². The summed E-state index contributed by atoms with van der Waals surface area (Å²) >= 11 is 11.8. The van der Waals surface area contributed by atoms with Crippen LogP contribution in [0.2, 0.25) is 5.02 Å². The van der Waals surface area contributed by atoms with E-state index in [1.54, 1.807) is 7.11 Å². The van der Waals surface area contributed by atoms with Crippen molar-refractivity contribution in [3.8, 4) is 5.75 Å². The highest BCUT2D eigenvalue weighted by Crippen LogP contribution is 2.31. The molecule has 2 fully saturated rings. The second kappa shape index (κ2) is 9.44. The molecule has 4 nitrogen and oxygen atoms in total. The zero-order chi connectivity index (χ0) is 19.4. The highest BCUT2D eigenvalue weighted by atomic mass is 35.5. The maximum absolute atomic E-state index is 6.12. The van der Waals surface area contributed by atoms with Crippen LogP contribution in [0, 0.1) is 5.92 Å². The van der Waals surface area contributed by atoms with E-state index in [0.717, 1.165) is 54.4 Å². The van der Waals surface area contributed by atoms with Gasteiger partial charge in [-0.2, -0.15) is 0 Å². The van der Waals surface area contributed by atoms with Crippen LogP contribution in [0.25, 0.3) is 0 Å². The second-order valence-electron chi connectivity index (χ2n) is 7.99. The van der Waals surface area contributed by atoms with Crippen molar-refractivity contribution in [3.05, 3.63) is 23.2 Å². The summed E-state index contributed by atoms with van der Waals surface area (Å²) in [5.74, 6) is 1.57. The predicted octanol–water partition coefficient (Wildman–Crippen LogP) is 5.02. The van der Waals surface area contributed by atoms with Gasteiger partial charge in [0.05, 0.1) is 12.8 Å². The predicted molar refractivity (Wildman–Crippen MR) is 118 cm³/mol. The topological polar surface area (TPSA) is 27.7 Å². The van der Waals surface area contributed by atoms with Crippen LogP contribution in [-0.2, 0) is 0 Å².